The molecular formula is C16H19FN4. The predicted octanol–water partition coefficient (Wildman–Crippen LogP) is 3.28. The first-order valence-corrected chi connectivity index (χ1v) is 7.46. The van der Waals surface area contributed by atoms with Crippen LogP contribution in [-0.2, 0) is 5.54 Å². The Morgan fingerprint density at radius 1 is 1.29 bits per heavy atom. The molecule has 1 aromatic heterocycles. The first kappa shape index (κ1) is 12.8. The van der Waals surface area contributed by atoms with Crippen molar-refractivity contribution in [2.45, 2.75) is 45.1 Å². The first-order chi connectivity index (χ1) is 9.94. The number of anilines is 1. The Morgan fingerprint density at radius 2 is 2.00 bits per heavy atom. The van der Waals surface area contributed by atoms with Gasteiger partial charge in [-0.05, 0) is 37.3 Å². The van der Waals surface area contributed by atoms with Crippen LogP contribution >= 0.6 is 0 Å². The normalized spacial score (nSPS) is 18.1. The third kappa shape index (κ3) is 1.54. The Hall–Kier alpha value is -1.91. The summed E-state index contributed by atoms with van der Waals surface area (Å²) >= 11 is 0. The molecule has 0 bridgehead atoms. The summed E-state index contributed by atoms with van der Waals surface area (Å²) in [5, 5.41) is 4.52. The molecule has 0 radical (unpaired) electrons. The van der Waals surface area contributed by atoms with Gasteiger partial charge >= 0.3 is 0 Å². The Morgan fingerprint density at radius 3 is 2.62 bits per heavy atom. The molecule has 1 aliphatic heterocycles. The quantitative estimate of drug-likeness (QED) is 0.807. The number of nitrogens with zero attached hydrogens (tertiary/aromatic N) is 4. The predicted molar refractivity (Wildman–Crippen MR) is 79.5 cm³/mol. The van der Waals surface area contributed by atoms with E-state index < -0.39 is 0 Å². The molecule has 1 aromatic carbocycles. The topological polar surface area (TPSA) is 34.0 Å². The van der Waals surface area contributed by atoms with Gasteiger partial charge in [0.1, 0.15) is 17.2 Å². The summed E-state index contributed by atoms with van der Waals surface area (Å²) < 4.78 is 15.9. The number of aromatic nitrogens is 3. The van der Waals surface area contributed by atoms with Gasteiger partial charge in [-0.25, -0.2) is 14.1 Å². The molecule has 0 unspecified atom stereocenters. The van der Waals surface area contributed by atoms with E-state index in [1.165, 1.54) is 0 Å². The molecule has 0 saturated heterocycles. The highest BCUT2D eigenvalue weighted by atomic mass is 19.1. The second-order valence-corrected chi connectivity index (χ2v) is 6.50. The van der Waals surface area contributed by atoms with Crippen LogP contribution in [0.1, 0.15) is 49.8 Å². The van der Waals surface area contributed by atoms with Crippen LogP contribution in [0.15, 0.2) is 12.1 Å². The standard InChI is InChI=1S/C16H19FN4/c1-9(2)12-7-11(17)8-13-14(12)20(4)16(5-6-16)15-18-10(3)19-21(13)15/h7-9H,5-6H2,1-4H3. The molecule has 1 saturated carbocycles. The lowest BCUT2D eigenvalue weighted by atomic mass is 9.96. The van der Waals surface area contributed by atoms with E-state index in [1.807, 2.05) is 11.6 Å². The Labute approximate surface area is 123 Å². The summed E-state index contributed by atoms with van der Waals surface area (Å²) in [6, 6.07) is 3.23. The van der Waals surface area contributed by atoms with E-state index in [0.29, 0.717) is 0 Å². The highest BCUT2D eigenvalue weighted by molar-refractivity contribution is 5.73. The maximum atomic E-state index is 14.1. The lowest BCUT2D eigenvalue weighted by Gasteiger charge is -2.38. The summed E-state index contributed by atoms with van der Waals surface area (Å²) in [5.41, 5.74) is 2.91. The van der Waals surface area contributed by atoms with Crippen LogP contribution in [0.2, 0.25) is 0 Å². The fraction of sp³-hybridized carbons (Fsp3) is 0.500. The molecule has 2 aliphatic rings. The minimum absolute atomic E-state index is 0.0459. The summed E-state index contributed by atoms with van der Waals surface area (Å²) in [6.45, 7) is 6.10. The SMILES string of the molecule is Cc1nc2n(n1)-c1cc(F)cc(C(C)C)c1N(C)C21CC1. The van der Waals surface area contributed by atoms with Crippen LogP contribution in [0.25, 0.3) is 5.69 Å². The molecule has 1 spiro atoms. The molecule has 110 valence electrons. The average molecular weight is 286 g/mol. The molecule has 0 atom stereocenters. The van der Waals surface area contributed by atoms with Crippen LogP contribution in [-0.4, -0.2) is 21.8 Å². The lowest BCUT2D eigenvalue weighted by molar-refractivity contribution is 0.558. The second-order valence-electron chi connectivity index (χ2n) is 6.50. The van der Waals surface area contributed by atoms with E-state index in [9.17, 15) is 4.39 Å². The van der Waals surface area contributed by atoms with E-state index >= 15 is 0 Å². The lowest BCUT2D eigenvalue weighted by Crippen LogP contribution is -2.39. The van der Waals surface area contributed by atoms with E-state index in [2.05, 4.69) is 35.9 Å². The highest BCUT2D eigenvalue weighted by Crippen LogP contribution is 2.56. The van der Waals surface area contributed by atoms with Gasteiger partial charge < -0.3 is 4.90 Å². The van der Waals surface area contributed by atoms with Crippen molar-refractivity contribution in [2.24, 2.45) is 0 Å². The van der Waals surface area contributed by atoms with E-state index in [0.717, 1.165) is 41.4 Å². The Bertz CT molecular complexity index is 743. The second kappa shape index (κ2) is 3.84. The van der Waals surface area contributed by atoms with Gasteiger partial charge in [-0.2, -0.15) is 5.10 Å². The minimum Gasteiger partial charge on any atom is -0.360 e. The third-order valence-electron chi connectivity index (χ3n) is 4.76. The first-order valence-electron chi connectivity index (χ1n) is 7.46. The number of halogens is 1. The van der Waals surface area contributed by atoms with Gasteiger partial charge in [0, 0.05) is 13.1 Å². The van der Waals surface area contributed by atoms with E-state index in [1.54, 1.807) is 12.1 Å². The van der Waals surface area contributed by atoms with Crippen LogP contribution < -0.4 is 4.90 Å². The zero-order valence-electron chi connectivity index (χ0n) is 12.8. The number of fused-ring (bicyclic) bond motifs is 4. The monoisotopic (exact) mass is 286 g/mol. The van der Waals surface area contributed by atoms with Crippen molar-refractivity contribution >= 4 is 5.69 Å². The molecule has 4 rings (SSSR count). The smallest absolute Gasteiger partial charge is 0.158 e. The molecule has 5 heteroatoms. The van der Waals surface area contributed by atoms with Gasteiger partial charge in [-0.15, -0.1) is 0 Å². The average Bonchev–Trinajstić information content (AvgIpc) is 3.12. The van der Waals surface area contributed by atoms with Gasteiger partial charge in [0.15, 0.2) is 5.82 Å². The fourth-order valence-electron chi connectivity index (χ4n) is 3.50. The third-order valence-corrected chi connectivity index (χ3v) is 4.76. The van der Waals surface area contributed by atoms with Gasteiger partial charge in [-0.3, -0.25) is 0 Å². The van der Waals surface area contributed by atoms with Crippen molar-refractivity contribution in [3.05, 3.63) is 35.2 Å². The maximum Gasteiger partial charge on any atom is 0.158 e. The van der Waals surface area contributed by atoms with Crippen molar-refractivity contribution in [3.8, 4) is 5.69 Å². The molecule has 1 aliphatic carbocycles. The van der Waals surface area contributed by atoms with Crippen LogP contribution in [0.3, 0.4) is 0 Å². The summed E-state index contributed by atoms with van der Waals surface area (Å²) in [5.74, 6) is 1.75. The largest absolute Gasteiger partial charge is 0.360 e. The Kier molecular flexibility index (Phi) is 2.34. The van der Waals surface area contributed by atoms with Gasteiger partial charge in [0.2, 0.25) is 0 Å². The van der Waals surface area contributed by atoms with Crippen LogP contribution in [0, 0.1) is 12.7 Å². The van der Waals surface area contributed by atoms with Gasteiger partial charge in [0.25, 0.3) is 0 Å². The Balaban J connectivity index is 2.08. The number of hydrogen-bond acceptors (Lipinski definition) is 3. The van der Waals surface area contributed by atoms with Crippen molar-refractivity contribution in [1.29, 1.82) is 0 Å². The minimum atomic E-state index is -0.211. The van der Waals surface area contributed by atoms with Crippen LogP contribution in [0.5, 0.6) is 0 Å². The highest BCUT2D eigenvalue weighted by Gasteiger charge is 2.55. The van der Waals surface area contributed by atoms with Crippen molar-refractivity contribution in [2.75, 3.05) is 11.9 Å². The van der Waals surface area contributed by atoms with Crippen molar-refractivity contribution in [3.63, 3.8) is 0 Å². The molecule has 21 heavy (non-hydrogen) atoms. The van der Waals surface area contributed by atoms with E-state index in [-0.39, 0.29) is 17.3 Å². The molecule has 2 aromatic rings. The van der Waals surface area contributed by atoms with Gasteiger partial charge in [-0.1, -0.05) is 13.8 Å². The summed E-state index contributed by atoms with van der Waals surface area (Å²) in [4.78, 5) is 6.90. The van der Waals surface area contributed by atoms with Crippen LogP contribution in [0.4, 0.5) is 10.1 Å². The molecule has 0 amide bonds. The molecular weight excluding hydrogens is 267 g/mol. The molecule has 1 fully saturated rings. The summed E-state index contributed by atoms with van der Waals surface area (Å²) in [7, 11) is 2.10. The van der Waals surface area contributed by atoms with Gasteiger partial charge in [0.05, 0.1) is 11.4 Å². The number of aryl methyl sites for hydroxylation is 1. The zero-order chi connectivity index (χ0) is 14.9. The number of hydrogen-bond donors (Lipinski definition) is 0. The number of benzene rings is 1. The molecule has 0 N–H and O–H groups in total. The molecule has 2 heterocycles. The maximum absolute atomic E-state index is 14.1. The number of rotatable bonds is 1. The zero-order valence-corrected chi connectivity index (χ0v) is 12.8. The van der Waals surface area contributed by atoms with Crippen molar-refractivity contribution in [1.82, 2.24) is 14.8 Å². The summed E-state index contributed by atoms with van der Waals surface area (Å²) in [6.07, 6.45) is 2.16. The molecule has 4 nitrogen and oxygen atoms in total. The fourth-order valence-corrected chi connectivity index (χ4v) is 3.50. The van der Waals surface area contributed by atoms with E-state index in [4.69, 9.17) is 0 Å². The van der Waals surface area contributed by atoms with Crippen molar-refractivity contribution < 1.29 is 4.39 Å².